The topological polar surface area (TPSA) is 48.7 Å². The smallest absolute Gasteiger partial charge is 0.240 e. The zero-order valence-corrected chi connectivity index (χ0v) is 11.8. The molecule has 0 unspecified atom stereocenters. The van der Waals surface area contributed by atoms with Crippen molar-refractivity contribution in [3.63, 3.8) is 0 Å². The fourth-order valence-corrected chi connectivity index (χ4v) is 2.64. The van der Waals surface area contributed by atoms with Gasteiger partial charge in [0.2, 0.25) is 17.5 Å². The van der Waals surface area contributed by atoms with Crippen LogP contribution < -0.4 is 9.47 Å². The molecule has 0 saturated heterocycles. The quantitative estimate of drug-likeness (QED) is 0.745. The first-order valence-electron chi connectivity index (χ1n) is 5.44. The first-order valence-corrected chi connectivity index (χ1v) is 6.69. The maximum atomic E-state index is 5.94. The van der Waals surface area contributed by atoms with Gasteiger partial charge in [-0.25, -0.2) is 4.98 Å². The van der Waals surface area contributed by atoms with Crippen LogP contribution in [0.2, 0.25) is 4.34 Å². The molecule has 19 heavy (non-hydrogen) atoms. The molecule has 0 spiro atoms. The van der Waals surface area contributed by atoms with Gasteiger partial charge >= 0.3 is 0 Å². The Balaban J connectivity index is 2.19. The van der Waals surface area contributed by atoms with Crippen molar-refractivity contribution in [3.8, 4) is 23.0 Å². The van der Waals surface area contributed by atoms with E-state index in [1.54, 1.807) is 24.7 Å². The van der Waals surface area contributed by atoms with E-state index >= 15 is 0 Å². The van der Waals surface area contributed by atoms with Gasteiger partial charge in [-0.15, -0.1) is 11.3 Å². The van der Waals surface area contributed by atoms with E-state index in [2.05, 4.69) is 9.97 Å². The molecule has 3 aromatic heterocycles. The molecule has 3 heterocycles. The molecule has 7 heteroatoms. The monoisotopic (exact) mass is 295 g/mol. The number of hydrogen-bond donors (Lipinski definition) is 0. The van der Waals surface area contributed by atoms with Crippen LogP contribution in [-0.2, 0) is 0 Å². The van der Waals surface area contributed by atoms with Gasteiger partial charge < -0.3 is 9.47 Å². The van der Waals surface area contributed by atoms with Crippen LogP contribution in [0.4, 0.5) is 0 Å². The number of nitrogens with zero attached hydrogens (tertiary/aromatic N) is 3. The second-order valence-corrected chi connectivity index (χ2v) is 5.32. The number of imidazole rings is 1. The molecule has 0 aromatic carbocycles. The van der Waals surface area contributed by atoms with E-state index in [0.717, 1.165) is 15.6 Å². The predicted molar refractivity (Wildman–Crippen MR) is 74.4 cm³/mol. The molecule has 0 amide bonds. The summed E-state index contributed by atoms with van der Waals surface area (Å²) >= 11 is 7.41. The normalized spacial score (nSPS) is 10.9. The Labute approximate surface area is 118 Å². The van der Waals surface area contributed by atoms with Gasteiger partial charge in [0.05, 0.1) is 30.3 Å². The number of methoxy groups -OCH3 is 2. The van der Waals surface area contributed by atoms with Crippen molar-refractivity contribution in [3.05, 3.63) is 28.0 Å². The van der Waals surface area contributed by atoms with Crippen LogP contribution in [0.5, 0.6) is 11.8 Å². The lowest BCUT2D eigenvalue weighted by molar-refractivity contribution is 0.369. The lowest BCUT2D eigenvalue weighted by Crippen LogP contribution is -1.97. The summed E-state index contributed by atoms with van der Waals surface area (Å²) in [6.45, 7) is 0. The Morgan fingerprint density at radius 2 is 2.05 bits per heavy atom. The molecule has 3 rings (SSSR count). The van der Waals surface area contributed by atoms with Crippen molar-refractivity contribution >= 4 is 28.7 Å². The molecule has 0 bridgehead atoms. The molecule has 98 valence electrons. The van der Waals surface area contributed by atoms with E-state index in [0.29, 0.717) is 17.5 Å². The van der Waals surface area contributed by atoms with Crippen molar-refractivity contribution in [1.29, 1.82) is 0 Å². The molecule has 0 atom stereocenters. The van der Waals surface area contributed by atoms with Crippen LogP contribution in [0.25, 0.3) is 17.0 Å². The zero-order valence-electron chi connectivity index (χ0n) is 10.3. The van der Waals surface area contributed by atoms with E-state index in [9.17, 15) is 0 Å². The number of ether oxygens (including phenoxy) is 2. The Bertz CT molecular complexity index is 738. The molecule has 0 aliphatic carbocycles. The first kappa shape index (κ1) is 12.3. The van der Waals surface area contributed by atoms with Gasteiger partial charge in [0.1, 0.15) is 0 Å². The highest BCUT2D eigenvalue weighted by Crippen LogP contribution is 2.29. The van der Waals surface area contributed by atoms with Crippen LogP contribution in [0.3, 0.4) is 0 Å². The Hall–Kier alpha value is -1.79. The molecule has 0 N–H and O–H groups in total. The maximum absolute atomic E-state index is 5.94. The van der Waals surface area contributed by atoms with Crippen molar-refractivity contribution in [1.82, 2.24) is 14.4 Å². The van der Waals surface area contributed by atoms with Crippen LogP contribution in [-0.4, -0.2) is 28.6 Å². The number of thiophene rings is 1. The minimum atomic E-state index is 0.463. The summed E-state index contributed by atoms with van der Waals surface area (Å²) in [5.74, 6) is 1.60. The third kappa shape index (κ3) is 2.13. The Kier molecular flexibility index (Phi) is 3.04. The van der Waals surface area contributed by atoms with Gasteiger partial charge in [-0.2, -0.15) is 4.98 Å². The predicted octanol–water partition coefficient (Wildman–Crippen LogP) is 3.13. The van der Waals surface area contributed by atoms with E-state index < -0.39 is 0 Å². The average Bonchev–Trinajstić information content (AvgIpc) is 3.02. The molecular formula is C12H10ClN3O2S. The highest BCUT2D eigenvalue weighted by molar-refractivity contribution is 7.14. The molecule has 5 nitrogen and oxygen atoms in total. The number of aromatic nitrogens is 3. The SMILES string of the molecule is COc1cc(OC)n2cc(-c3csc(Cl)c3)nc2n1. The highest BCUT2D eigenvalue weighted by Gasteiger charge is 2.12. The zero-order chi connectivity index (χ0) is 13.4. The number of halogens is 1. The second-order valence-electron chi connectivity index (χ2n) is 3.78. The van der Waals surface area contributed by atoms with Crippen molar-refractivity contribution in [2.45, 2.75) is 0 Å². The van der Waals surface area contributed by atoms with Gasteiger partial charge in [0.25, 0.3) is 0 Å². The van der Waals surface area contributed by atoms with E-state index in [1.165, 1.54) is 11.3 Å². The Morgan fingerprint density at radius 1 is 1.21 bits per heavy atom. The largest absolute Gasteiger partial charge is 0.482 e. The molecule has 0 saturated carbocycles. The van der Waals surface area contributed by atoms with Gasteiger partial charge in [-0.1, -0.05) is 11.6 Å². The van der Waals surface area contributed by atoms with E-state index in [4.69, 9.17) is 21.1 Å². The summed E-state index contributed by atoms with van der Waals surface area (Å²) in [5.41, 5.74) is 1.75. The standard InChI is InChI=1S/C12H10ClN3O2S/c1-17-10-4-11(18-2)16-5-8(14-12(16)15-10)7-3-9(13)19-6-7/h3-6H,1-2H3. The minimum Gasteiger partial charge on any atom is -0.482 e. The third-order valence-corrected chi connectivity index (χ3v) is 3.75. The van der Waals surface area contributed by atoms with Crippen LogP contribution in [0.1, 0.15) is 0 Å². The van der Waals surface area contributed by atoms with E-state index in [1.807, 2.05) is 17.6 Å². The molecule has 3 aromatic rings. The van der Waals surface area contributed by atoms with Crippen molar-refractivity contribution in [2.75, 3.05) is 14.2 Å². The minimum absolute atomic E-state index is 0.463. The van der Waals surface area contributed by atoms with Gasteiger partial charge in [0, 0.05) is 17.1 Å². The fraction of sp³-hybridized carbons (Fsp3) is 0.167. The summed E-state index contributed by atoms with van der Waals surface area (Å²) in [4.78, 5) is 8.73. The molecule has 0 fully saturated rings. The molecule has 0 radical (unpaired) electrons. The summed E-state index contributed by atoms with van der Waals surface area (Å²) in [6.07, 6.45) is 1.86. The van der Waals surface area contributed by atoms with Crippen LogP contribution in [0.15, 0.2) is 23.7 Å². The van der Waals surface area contributed by atoms with Crippen molar-refractivity contribution in [2.24, 2.45) is 0 Å². The van der Waals surface area contributed by atoms with E-state index in [-0.39, 0.29) is 0 Å². The third-order valence-electron chi connectivity index (χ3n) is 2.66. The van der Waals surface area contributed by atoms with Gasteiger partial charge in [0.15, 0.2) is 0 Å². The average molecular weight is 296 g/mol. The Morgan fingerprint density at radius 3 is 2.68 bits per heavy atom. The lowest BCUT2D eigenvalue weighted by Gasteiger charge is -2.04. The second kappa shape index (κ2) is 4.71. The number of rotatable bonds is 3. The summed E-state index contributed by atoms with van der Waals surface area (Å²) < 4.78 is 12.9. The first-order chi connectivity index (χ1) is 9.21. The summed E-state index contributed by atoms with van der Waals surface area (Å²) in [6, 6.07) is 3.58. The van der Waals surface area contributed by atoms with Gasteiger partial charge in [-0.3, -0.25) is 4.40 Å². The summed E-state index contributed by atoms with van der Waals surface area (Å²) in [7, 11) is 3.15. The van der Waals surface area contributed by atoms with Crippen LogP contribution in [0, 0.1) is 0 Å². The number of fused-ring (bicyclic) bond motifs is 1. The van der Waals surface area contributed by atoms with Crippen molar-refractivity contribution < 1.29 is 9.47 Å². The number of hydrogen-bond acceptors (Lipinski definition) is 5. The lowest BCUT2D eigenvalue weighted by atomic mass is 10.3. The van der Waals surface area contributed by atoms with Crippen LogP contribution >= 0.6 is 22.9 Å². The maximum Gasteiger partial charge on any atom is 0.240 e. The highest BCUT2D eigenvalue weighted by atomic mass is 35.5. The molecule has 0 aliphatic rings. The fourth-order valence-electron chi connectivity index (χ4n) is 1.76. The summed E-state index contributed by atoms with van der Waals surface area (Å²) in [5, 5.41) is 1.95. The molecular weight excluding hydrogens is 286 g/mol. The molecule has 0 aliphatic heterocycles. The van der Waals surface area contributed by atoms with Gasteiger partial charge in [-0.05, 0) is 6.07 Å².